The Labute approximate surface area is 106 Å². The molecule has 4 heteroatoms. The van der Waals surface area contributed by atoms with Crippen molar-refractivity contribution < 1.29 is 0 Å². The fourth-order valence-corrected chi connectivity index (χ4v) is 3.18. The normalized spacial score (nSPS) is 16.8. The highest BCUT2D eigenvalue weighted by atomic mass is 35.5. The fraction of sp³-hybridized carbons (Fsp3) is 0.500. The molecule has 0 aliphatic carbocycles. The van der Waals surface area contributed by atoms with Gasteiger partial charge >= 0.3 is 0 Å². The zero-order valence-electron chi connectivity index (χ0n) is 9.29. The van der Waals surface area contributed by atoms with Crippen LogP contribution in [0.1, 0.15) is 12.8 Å². The van der Waals surface area contributed by atoms with Gasteiger partial charge in [-0.3, -0.25) is 0 Å². The van der Waals surface area contributed by atoms with Crippen molar-refractivity contribution in [2.45, 2.75) is 17.7 Å². The van der Waals surface area contributed by atoms with Crippen molar-refractivity contribution in [3.8, 4) is 0 Å². The van der Waals surface area contributed by atoms with Gasteiger partial charge in [0.05, 0.1) is 0 Å². The van der Waals surface area contributed by atoms with Crippen molar-refractivity contribution in [2.75, 3.05) is 31.1 Å². The van der Waals surface area contributed by atoms with E-state index in [1.54, 1.807) is 11.8 Å². The number of likely N-dealkylation sites (tertiary alicyclic amines) is 1. The van der Waals surface area contributed by atoms with Gasteiger partial charge in [0.25, 0.3) is 0 Å². The van der Waals surface area contributed by atoms with Crippen molar-refractivity contribution in [2.24, 2.45) is 0 Å². The number of hydrogen-bond acceptors (Lipinski definition) is 3. The minimum Gasteiger partial charge on any atom is -0.398 e. The van der Waals surface area contributed by atoms with E-state index in [-0.39, 0.29) is 0 Å². The summed E-state index contributed by atoms with van der Waals surface area (Å²) in [6.07, 6.45) is 2.70. The van der Waals surface area contributed by atoms with Crippen LogP contribution in [0, 0.1) is 0 Å². The molecule has 1 aromatic rings. The molecule has 0 unspecified atom stereocenters. The van der Waals surface area contributed by atoms with Crippen LogP contribution in [0.15, 0.2) is 23.1 Å². The van der Waals surface area contributed by atoms with E-state index in [9.17, 15) is 0 Å². The third-order valence-electron chi connectivity index (χ3n) is 2.84. The number of nitrogens with two attached hydrogens (primary N) is 1. The maximum absolute atomic E-state index is 5.94. The number of benzene rings is 1. The van der Waals surface area contributed by atoms with Crippen LogP contribution in [0.4, 0.5) is 5.69 Å². The summed E-state index contributed by atoms with van der Waals surface area (Å²) in [6.45, 7) is 3.66. The van der Waals surface area contributed by atoms with Crippen LogP contribution in [-0.4, -0.2) is 30.3 Å². The lowest BCUT2D eigenvalue weighted by atomic mass is 10.3. The minimum absolute atomic E-state index is 0.762. The second-order valence-electron chi connectivity index (χ2n) is 4.08. The first-order chi connectivity index (χ1) is 7.75. The molecule has 0 radical (unpaired) electrons. The molecular formula is C12H17ClN2S. The van der Waals surface area contributed by atoms with E-state index in [1.807, 2.05) is 18.2 Å². The van der Waals surface area contributed by atoms with E-state index in [2.05, 4.69) is 4.90 Å². The molecule has 1 aliphatic rings. The largest absolute Gasteiger partial charge is 0.398 e. The van der Waals surface area contributed by atoms with Crippen LogP contribution in [-0.2, 0) is 0 Å². The Morgan fingerprint density at radius 3 is 2.81 bits per heavy atom. The van der Waals surface area contributed by atoms with Gasteiger partial charge in [0, 0.05) is 27.9 Å². The van der Waals surface area contributed by atoms with Crippen molar-refractivity contribution in [1.29, 1.82) is 0 Å². The van der Waals surface area contributed by atoms with E-state index in [1.165, 1.54) is 25.9 Å². The van der Waals surface area contributed by atoms with Gasteiger partial charge in [0.2, 0.25) is 0 Å². The van der Waals surface area contributed by atoms with Crippen LogP contribution in [0.25, 0.3) is 0 Å². The summed E-state index contributed by atoms with van der Waals surface area (Å²) in [6, 6.07) is 5.66. The number of hydrogen-bond donors (Lipinski definition) is 1. The number of anilines is 1. The van der Waals surface area contributed by atoms with Crippen LogP contribution in [0.5, 0.6) is 0 Å². The van der Waals surface area contributed by atoms with Gasteiger partial charge < -0.3 is 10.6 Å². The molecule has 2 rings (SSSR count). The average molecular weight is 257 g/mol. The molecule has 0 amide bonds. The minimum atomic E-state index is 0.762. The first-order valence-electron chi connectivity index (χ1n) is 5.66. The lowest BCUT2D eigenvalue weighted by Crippen LogP contribution is -2.21. The van der Waals surface area contributed by atoms with Crippen LogP contribution < -0.4 is 5.73 Å². The Hall–Kier alpha value is -0.380. The van der Waals surface area contributed by atoms with Crippen molar-refractivity contribution in [1.82, 2.24) is 4.90 Å². The topological polar surface area (TPSA) is 29.3 Å². The zero-order valence-corrected chi connectivity index (χ0v) is 10.9. The lowest BCUT2D eigenvalue weighted by Gasteiger charge is -2.14. The van der Waals surface area contributed by atoms with E-state index in [0.717, 1.165) is 27.9 Å². The van der Waals surface area contributed by atoms with Gasteiger partial charge in [-0.2, -0.15) is 0 Å². The predicted molar refractivity (Wildman–Crippen MR) is 72.3 cm³/mol. The summed E-state index contributed by atoms with van der Waals surface area (Å²) in [5, 5.41) is 0.762. The van der Waals surface area contributed by atoms with Gasteiger partial charge in [0.1, 0.15) is 0 Å². The number of halogens is 1. The van der Waals surface area contributed by atoms with E-state index in [4.69, 9.17) is 17.3 Å². The highest BCUT2D eigenvalue weighted by molar-refractivity contribution is 7.99. The first-order valence-corrected chi connectivity index (χ1v) is 7.02. The quantitative estimate of drug-likeness (QED) is 0.663. The molecule has 0 spiro atoms. The summed E-state index contributed by atoms with van der Waals surface area (Å²) < 4.78 is 0. The number of nitrogen functional groups attached to an aromatic ring is 1. The van der Waals surface area contributed by atoms with Crippen LogP contribution in [0.2, 0.25) is 5.02 Å². The molecule has 1 heterocycles. The summed E-state index contributed by atoms with van der Waals surface area (Å²) in [5.74, 6) is 1.09. The summed E-state index contributed by atoms with van der Waals surface area (Å²) >= 11 is 7.74. The second kappa shape index (κ2) is 5.80. The van der Waals surface area contributed by atoms with E-state index >= 15 is 0 Å². The highest BCUT2D eigenvalue weighted by Gasteiger charge is 2.11. The maximum atomic E-state index is 5.94. The fourth-order valence-electron chi connectivity index (χ4n) is 1.92. The maximum Gasteiger partial charge on any atom is 0.0453 e. The molecule has 2 nitrogen and oxygen atoms in total. The Bertz CT molecular complexity index is 351. The van der Waals surface area contributed by atoms with Gasteiger partial charge in [-0.25, -0.2) is 0 Å². The molecule has 88 valence electrons. The molecular weight excluding hydrogens is 240 g/mol. The summed E-state index contributed by atoms with van der Waals surface area (Å²) in [4.78, 5) is 3.61. The Balaban J connectivity index is 1.82. The lowest BCUT2D eigenvalue weighted by molar-refractivity contribution is 0.362. The molecule has 1 aliphatic heterocycles. The average Bonchev–Trinajstić information content (AvgIpc) is 2.76. The summed E-state index contributed by atoms with van der Waals surface area (Å²) in [7, 11) is 0. The standard InChI is InChI=1S/C12H17ClN2S/c13-10-3-4-11(14)12(9-10)16-8-7-15-5-1-2-6-15/h3-4,9H,1-2,5-8,14H2. The smallest absolute Gasteiger partial charge is 0.0453 e. The molecule has 0 saturated carbocycles. The number of rotatable bonds is 4. The molecule has 1 saturated heterocycles. The van der Waals surface area contributed by atoms with Crippen LogP contribution in [0.3, 0.4) is 0 Å². The van der Waals surface area contributed by atoms with Gasteiger partial charge in [-0.05, 0) is 44.1 Å². The molecule has 2 N–H and O–H groups in total. The molecule has 0 bridgehead atoms. The third kappa shape index (κ3) is 3.30. The molecule has 1 aromatic carbocycles. The monoisotopic (exact) mass is 256 g/mol. The molecule has 16 heavy (non-hydrogen) atoms. The van der Waals surface area contributed by atoms with Crippen molar-refractivity contribution in [3.05, 3.63) is 23.2 Å². The predicted octanol–water partition coefficient (Wildman–Crippen LogP) is 3.11. The highest BCUT2D eigenvalue weighted by Crippen LogP contribution is 2.28. The van der Waals surface area contributed by atoms with Crippen molar-refractivity contribution >= 4 is 29.1 Å². The molecule has 1 fully saturated rings. The van der Waals surface area contributed by atoms with Crippen LogP contribution >= 0.6 is 23.4 Å². The van der Waals surface area contributed by atoms with Crippen molar-refractivity contribution in [3.63, 3.8) is 0 Å². The number of nitrogens with zero attached hydrogens (tertiary/aromatic N) is 1. The number of thioether (sulfide) groups is 1. The second-order valence-corrected chi connectivity index (χ2v) is 5.65. The van der Waals surface area contributed by atoms with E-state index < -0.39 is 0 Å². The van der Waals surface area contributed by atoms with Gasteiger partial charge in [-0.15, -0.1) is 11.8 Å². The Morgan fingerprint density at radius 1 is 1.31 bits per heavy atom. The third-order valence-corrected chi connectivity index (χ3v) is 4.13. The first kappa shape index (κ1) is 12.1. The SMILES string of the molecule is Nc1ccc(Cl)cc1SCCN1CCCC1. The molecule has 0 atom stereocenters. The molecule has 0 aromatic heterocycles. The Morgan fingerprint density at radius 2 is 2.06 bits per heavy atom. The van der Waals surface area contributed by atoms with E-state index in [0.29, 0.717) is 0 Å². The summed E-state index contributed by atoms with van der Waals surface area (Å²) in [5.41, 5.74) is 6.72. The van der Waals surface area contributed by atoms with Gasteiger partial charge in [0.15, 0.2) is 0 Å². The Kier molecular flexibility index (Phi) is 4.38. The zero-order chi connectivity index (χ0) is 11.4. The van der Waals surface area contributed by atoms with Gasteiger partial charge in [-0.1, -0.05) is 11.6 Å².